The largest absolute Gasteiger partial charge is 0.481 e. The number of nitrogens with one attached hydrogen (secondary N) is 2. The summed E-state index contributed by atoms with van der Waals surface area (Å²) in [5.74, 6) is 1.87. The summed E-state index contributed by atoms with van der Waals surface area (Å²) in [7, 11) is 1.62. The minimum Gasteiger partial charge on any atom is -0.481 e. The van der Waals surface area contributed by atoms with Crippen molar-refractivity contribution in [2.24, 2.45) is 4.99 Å². The van der Waals surface area contributed by atoms with Crippen molar-refractivity contribution in [1.82, 2.24) is 15.6 Å². The molecule has 1 atom stereocenters. The second-order valence-corrected chi connectivity index (χ2v) is 6.14. The third-order valence-corrected chi connectivity index (χ3v) is 4.44. The van der Waals surface area contributed by atoms with E-state index in [2.05, 4.69) is 52.0 Å². The van der Waals surface area contributed by atoms with Gasteiger partial charge in [-0.15, -0.1) is 11.3 Å². The molecule has 0 aliphatic rings. The van der Waals surface area contributed by atoms with Gasteiger partial charge in [-0.2, -0.15) is 0 Å². The molecule has 2 aromatic heterocycles. The Labute approximate surface area is 141 Å². The fourth-order valence-corrected chi connectivity index (χ4v) is 2.87. The van der Waals surface area contributed by atoms with Crippen molar-refractivity contribution in [1.29, 1.82) is 0 Å². The molecular formula is C17H24N4OS. The first-order valence-electron chi connectivity index (χ1n) is 7.78. The number of guanidine groups is 1. The van der Waals surface area contributed by atoms with Crippen molar-refractivity contribution in [3.8, 4) is 5.88 Å². The van der Waals surface area contributed by atoms with Crippen LogP contribution in [-0.4, -0.2) is 31.1 Å². The van der Waals surface area contributed by atoms with Gasteiger partial charge in [-0.25, -0.2) is 9.98 Å². The van der Waals surface area contributed by atoms with E-state index in [1.54, 1.807) is 18.4 Å². The Hall–Kier alpha value is -2.08. The Bertz CT molecular complexity index is 613. The molecule has 0 aliphatic carbocycles. The van der Waals surface area contributed by atoms with Gasteiger partial charge in [0.25, 0.3) is 0 Å². The normalized spacial score (nSPS) is 12.7. The third kappa shape index (κ3) is 5.56. The van der Waals surface area contributed by atoms with Crippen molar-refractivity contribution in [2.45, 2.75) is 26.3 Å². The number of pyridine rings is 1. The lowest BCUT2D eigenvalue weighted by Gasteiger charge is -2.15. The molecule has 1 unspecified atom stereocenters. The predicted octanol–water partition coefficient (Wildman–Crippen LogP) is 3.01. The molecule has 2 aromatic rings. The Balaban J connectivity index is 1.93. The second-order valence-electron chi connectivity index (χ2n) is 5.16. The smallest absolute Gasteiger partial charge is 0.213 e. The molecule has 0 fully saturated rings. The number of nitrogens with zero attached hydrogens (tertiary/aromatic N) is 2. The van der Waals surface area contributed by atoms with Gasteiger partial charge < -0.3 is 15.4 Å². The van der Waals surface area contributed by atoms with Gasteiger partial charge in [-0.3, -0.25) is 0 Å². The van der Waals surface area contributed by atoms with Gasteiger partial charge in [0.2, 0.25) is 5.88 Å². The highest BCUT2D eigenvalue weighted by Gasteiger charge is 2.07. The molecule has 0 radical (unpaired) electrons. The van der Waals surface area contributed by atoms with Crippen LogP contribution in [0, 0.1) is 0 Å². The van der Waals surface area contributed by atoms with Gasteiger partial charge in [0, 0.05) is 30.0 Å². The van der Waals surface area contributed by atoms with Gasteiger partial charge in [0.15, 0.2) is 5.96 Å². The molecule has 0 saturated carbocycles. The zero-order chi connectivity index (χ0) is 16.5. The summed E-state index contributed by atoms with van der Waals surface area (Å²) in [5, 5.41) is 8.77. The highest BCUT2D eigenvalue weighted by Crippen LogP contribution is 2.19. The summed E-state index contributed by atoms with van der Waals surface area (Å²) in [6.45, 7) is 6.46. The topological polar surface area (TPSA) is 58.5 Å². The number of hydrogen-bond donors (Lipinski definition) is 2. The Morgan fingerprint density at radius 1 is 1.30 bits per heavy atom. The molecule has 0 aliphatic heterocycles. The summed E-state index contributed by atoms with van der Waals surface area (Å²) in [5.41, 5.74) is 0.882. The zero-order valence-corrected chi connectivity index (χ0v) is 14.7. The minimum atomic E-state index is 0.453. The fraction of sp³-hybridized carbons (Fsp3) is 0.412. The molecule has 0 aromatic carbocycles. The van der Waals surface area contributed by atoms with Crippen molar-refractivity contribution in [3.05, 3.63) is 46.3 Å². The highest BCUT2D eigenvalue weighted by molar-refractivity contribution is 7.10. The SMILES string of the molecule is CCNC(=NCc1cccc(OC)n1)NCC(C)c1cccs1. The van der Waals surface area contributed by atoms with Crippen LogP contribution in [-0.2, 0) is 6.54 Å². The Morgan fingerprint density at radius 3 is 2.87 bits per heavy atom. The second kappa shape index (κ2) is 9.15. The average molecular weight is 332 g/mol. The van der Waals surface area contributed by atoms with Crippen molar-refractivity contribution >= 4 is 17.3 Å². The number of aliphatic imine (C=N–C) groups is 1. The maximum atomic E-state index is 5.14. The summed E-state index contributed by atoms with van der Waals surface area (Å²) in [4.78, 5) is 10.3. The first-order valence-corrected chi connectivity index (χ1v) is 8.66. The maximum Gasteiger partial charge on any atom is 0.213 e. The summed E-state index contributed by atoms with van der Waals surface area (Å²) < 4.78 is 5.14. The lowest BCUT2D eigenvalue weighted by Crippen LogP contribution is -2.39. The molecule has 0 amide bonds. The van der Waals surface area contributed by atoms with E-state index >= 15 is 0 Å². The first-order chi connectivity index (χ1) is 11.2. The predicted molar refractivity (Wildman–Crippen MR) is 96.3 cm³/mol. The standard InChI is InChI=1S/C17H24N4OS/c1-4-18-17(19-11-13(2)15-8-6-10-23-15)20-12-14-7-5-9-16(21-14)22-3/h5-10,13H,4,11-12H2,1-3H3,(H2,18,19,20). The molecule has 2 N–H and O–H groups in total. The van der Waals surface area contributed by atoms with Gasteiger partial charge >= 0.3 is 0 Å². The van der Waals surface area contributed by atoms with E-state index in [1.807, 2.05) is 18.2 Å². The van der Waals surface area contributed by atoms with Crippen LogP contribution in [0.15, 0.2) is 40.7 Å². The molecule has 0 spiro atoms. The summed E-state index contributed by atoms with van der Waals surface area (Å²) in [6, 6.07) is 9.96. The summed E-state index contributed by atoms with van der Waals surface area (Å²) >= 11 is 1.79. The molecule has 5 nitrogen and oxygen atoms in total. The van der Waals surface area contributed by atoms with Crippen molar-refractivity contribution < 1.29 is 4.74 Å². The Kier molecular flexibility index (Phi) is 6.87. The number of hydrogen-bond acceptors (Lipinski definition) is 4. The van der Waals surface area contributed by atoms with E-state index in [4.69, 9.17) is 4.74 Å². The average Bonchev–Trinajstić information content (AvgIpc) is 3.12. The molecule has 6 heteroatoms. The van der Waals surface area contributed by atoms with E-state index in [-0.39, 0.29) is 0 Å². The van der Waals surface area contributed by atoms with Gasteiger partial charge in [-0.05, 0) is 24.4 Å². The zero-order valence-electron chi connectivity index (χ0n) is 13.9. The quantitative estimate of drug-likeness (QED) is 0.604. The number of ether oxygens (including phenoxy) is 1. The number of thiophene rings is 1. The van der Waals surface area contributed by atoms with Crippen LogP contribution in [0.5, 0.6) is 5.88 Å². The summed E-state index contributed by atoms with van der Waals surface area (Å²) in [6.07, 6.45) is 0. The van der Waals surface area contributed by atoms with Crippen molar-refractivity contribution in [2.75, 3.05) is 20.2 Å². The molecule has 2 heterocycles. The van der Waals surface area contributed by atoms with E-state index in [0.717, 1.165) is 24.7 Å². The lowest BCUT2D eigenvalue weighted by molar-refractivity contribution is 0.396. The van der Waals surface area contributed by atoms with Crippen LogP contribution in [0.1, 0.15) is 30.3 Å². The first kappa shape index (κ1) is 17.3. The number of rotatable bonds is 7. The van der Waals surface area contributed by atoms with Crippen LogP contribution < -0.4 is 15.4 Å². The van der Waals surface area contributed by atoms with E-state index in [9.17, 15) is 0 Å². The maximum absolute atomic E-state index is 5.14. The van der Waals surface area contributed by atoms with Gasteiger partial charge in [0.1, 0.15) is 0 Å². The van der Waals surface area contributed by atoms with E-state index in [1.165, 1.54) is 4.88 Å². The van der Waals surface area contributed by atoms with Gasteiger partial charge in [-0.1, -0.05) is 19.1 Å². The molecule has 0 bridgehead atoms. The number of methoxy groups -OCH3 is 1. The molecule has 23 heavy (non-hydrogen) atoms. The third-order valence-electron chi connectivity index (χ3n) is 3.34. The minimum absolute atomic E-state index is 0.453. The van der Waals surface area contributed by atoms with Gasteiger partial charge in [0.05, 0.1) is 19.3 Å². The highest BCUT2D eigenvalue weighted by atomic mass is 32.1. The van der Waals surface area contributed by atoms with E-state index in [0.29, 0.717) is 18.3 Å². The van der Waals surface area contributed by atoms with Crippen LogP contribution in [0.25, 0.3) is 0 Å². The van der Waals surface area contributed by atoms with Crippen molar-refractivity contribution in [3.63, 3.8) is 0 Å². The molecular weight excluding hydrogens is 308 g/mol. The van der Waals surface area contributed by atoms with E-state index < -0.39 is 0 Å². The fourth-order valence-electron chi connectivity index (χ4n) is 2.08. The molecule has 0 saturated heterocycles. The Morgan fingerprint density at radius 2 is 2.17 bits per heavy atom. The number of aromatic nitrogens is 1. The lowest BCUT2D eigenvalue weighted by atomic mass is 10.1. The van der Waals surface area contributed by atoms with Crippen LogP contribution in [0.2, 0.25) is 0 Å². The van der Waals surface area contributed by atoms with Crippen LogP contribution in [0.4, 0.5) is 0 Å². The van der Waals surface area contributed by atoms with Crippen LogP contribution >= 0.6 is 11.3 Å². The molecule has 124 valence electrons. The monoisotopic (exact) mass is 332 g/mol. The molecule has 2 rings (SSSR count). The van der Waals surface area contributed by atoms with Crippen LogP contribution in [0.3, 0.4) is 0 Å².